The summed E-state index contributed by atoms with van der Waals surface area (Å²) >= 11 is 9.24. The standard InChI is InChI=1S/C15H10BrClFN3/c16-10-4-1-8(2-5-10)13-14(20-21-15(13)19)9-3-6-12(18)11(17)7-9/h1-7H,(H3,19,20,21). The number of aromatic amines is 1. The van der Waals surface area contributed by atoms with E-state index in [1.54, 1.807) is 12.1 Å². The third-order valence-corrected chi connectivity index (χ3v) is 3.95. The zero-order valence-electron chi connectivity index (χ0n) is 10.7. The number of nitrogens with one attached hydrogen (secondary N) is 1. The Labute approximate surface area is 134 Å². The van der Waals surface area contributed by atoms with Crippen LogP contribution in [0.2, 0.25) is 5.02 Å². The van der Waals surface area contributed by atoms with Crippen molar-refractivity contribution in [2.45, 2.75) is 0 Å². The second-order valence-corrected chi connectivity index (χ2v) is 5.82. The lowest BCUT2D eigenvalue weighted by atomic mass is 10.0. The second kappa shape index (κ2) is 5.50. The van der Waals surface area contributed by atoms with Gasteiger partial charge in [0.25, 0.3) is 0 Å². The molecule has 0 atom stereocenters. The highest BCUT2D eigenvalue weighted by Gasteiger charge is 2.15. The number of nitrogen functional groups attached to an aromatic ring is 1. The second-order valence-electron chi connectivity index (χ2n) is 4.49. The number of anilines is 1. The molecule has 0 aliphatic heterocycles. The molecule has 3 N–H and O–H groups in total. The fraction of sp³-hybridized carbons (Fsp3) is 0. The molecular formula is C15H10BrClFN3. The van der Waals surface area contributed by atoms with Crippen LogP contribution in [0.25, 0.3) is 22.4 Å². The maximum Gasteiger partial charge on any atom is 0.153 e. The van der Waals surface area contributed by atoms with Crippen molar-refractivity contribution < 1.29 is 4.39 Å². The van der Waals surface area contributed by atoms with E-state index in [2.05, 4.69) is 26.1 Å². The van der Waals surface area contributed by atoms with Gasteiger partial charge in [0.05, 0.1) is 16.3 Å². The fourth-order valence-corrected chi connectivity index (χ4v) is 2.57. The maximum atomic E-state index is 13.3. The Morgan fingerprint density at radius 1 is 1.10 bits per heavy atom. The summed E-state index contributed by atoms with van der Waals surface area (Å²) in [7, 11) is 0. The number of rotatable bonds is 2. The predicted molar refractivity (Wildman–Crippen MR) is 86.5 cm³/mol. The quantitative estimate of drug-likeness (QED) is 0.679. The first-order chi connectivity index (χ1) is 10.1. The first-order valence-corrected chi connectivity index (χ1v) is 7.28. The molecule has 0 aliphatic rings. The molecule has 0 saturated carbocycles. The Morgan fingerprint density at radius 2 is 1.76 bits per heavy atom. The third kappa shape index (κ3) is 2.66. The van der Waals surface area contributed by atoms with Crippen LogP contribution < -0.4 is 5.73 Å². The smallest absolute Gasteiger partial charge is 0.153 e. The molecule has 3 rings (SSSR count). The molecule has 0 spiro atoms. The van der Waals surface area contributed by atoms with Crippen LogP contribution in [0, 0.1) is 5.82 Å². The molecule has 6 heteroatoms. The number of halogens is 3. The number of aromatic nitrogens is 2. The van der Waals surface area contributed by atoms with Crippen molar-refractivity contribution >= 4 is 33.3 Å². The minimum absolute atomic E-state index is 0.0578. The van der Waals surface area contributed by atoms with Crippen LogP contribution in [-0.2, 0) is 0 Å². The Balaban J connectivity index is 2.16. The fourth-order valence-electron chi connectivity index (χ4n) is 2.13. The molecule has 0 unspecified atom stereocenters. The number of benzene rings is 2. The van der Waals surface area contributed by atoms with Crippen molar-refractivity contribution in [1.29, 1.82) is 0 Å². The zero-order valence-corrected chi connectivity index (χ0v) is 13.0. The number of H-pyrrole nitrogens is 1. The van der Waals surface area contributed by atoms with Gasteiger partial charge in [-0.1, -0.05) is 39.7 Å². The Hall–Kier alpha value is -1.85. The summed E-state index contributed by atoms with van der Waals surface area (Å²) in [5, 5.41) is 6.99. The van der Waals surface area contributed by atoms with Crippen molar-refractivity contribution in [3.63, 3.8) is 0 Å². The van der Waals surface area contributed by atoms with Crippen molar-refractivity contribution in [2.75, 3.05) is 5.73 Å². The summed E-state index contributed by atoms with van der Waals surface area (Å²) in [6.45, 7) is 0. The molecule has 21 heavy (non-hydrogen) atoms. The SMILES string of the molecule is Nc1n[nH]c(-c2ccc(F)c(Cl)c2)c1-c1ccc(Br)cc1. The molecule has 106 valence electrons. The maximum absolute atomic E-state index is 13.3. The Kier molecular flexibility index (Phi) is 3.69. The number of nitrogens with zero attached hydrogens (tertiary/aromatic N) is 1. The molecular weight excluding hydrogens is 357 g/mol. The molecule has 0 bridgehead atoms. The molecule has 0 fully saturated rings. The van der Waals surface area contributed by atoms with Gasteiger partial charge >= 0.3 is 0 Å². The van der Waals surface area contributed by atoms with Gasteiger partial charge in [-0.15, -0.1) is 0 Å². The van der Waals surface area contributed by atoms with E-state index in [0.29, 0.717) is 11.5 Å². The summed E-state index contributed by atoms with van der Waals surface area (Å²) in [6.07, 6.45) is 0. The van der Waals surface area contributed by atoms with Crippen LogP contribution >= 0.6 is 27.5 Å². The monoisotopic (exact) mass is 365 g/mol. The van der Waals surface area contributed by atoms with Crippen LogP contribution in [0.5, 0.6) is 0 Å². The van der Waals surface area contributed by atoms with Crippen molar-refractivity contribution in [1.82, 2.24) is 10.2 Å². The van der Waals surface area contributed by atoms with Gasteiger partial charge in [0.1, 0.15) is 5.82 Å². The van der Waals surface area contributed by atoms with Crippen LogP contribution in [0.1, 0.15) is 0 Å². The van der Waals surface area contributed by atoms with Crippen molar-refractivity contribution in [2.24, 2.45) is 0 Å². The number of nitrogens with two attached hydrogens (primary N) is 1. The minimum Gasteiger partial charge on any atom is -0.382 e. The van der Waals surface area contributed by atoms with Gasteiger partial charge < -0.3 is 5.73 Å². The summed E-state index contributed by atoms with van der Waals surface area (Å²) in [6, 6.07) is 12.2. The van der Waals surface area contributed by atoms with Crippen LogP contribution in [0.4, 0.5) is 10.2 Å². The third-order valence-electron chi connectivity index (χ3n) is 3.14. The van der Waals surface area contributed by atoms with Gasteiger partial charge in [-0.05, 0) is 35.9 Å². The first kappa shape index (κ1) is 14.1. The van der Waals surface area contributed by atoms with Gasteiger partial charge in [0.15, 0.2) is 5.82 Å². The summed E-state index contributed by atoms with van der Waals surface area (Å²) in [5.74, 6) is -0.0779. The van der Waals surface area contributed by atoms with E-state index in [9.17, 15) is 4.39 Å². The molecule has 0 radical (unpaired) electrons. The lowest BCUT2D eigenvalue weighted by Gasteiger charge is -2.06. The Morgan fingerprint density at radius 3 is 2.43 bits per heavy atom. The van der Waals surface area contributed by atoms with E-state index in [-0.39, 0.29) is 5.02 Å². The van der Waals surface area contributed by atoms with Gasteiger partial charge in [0, 0.05) is 10.0 Å². The average Bonchev–Trinajstić information content (AvgIpc) is 2.85. The lowest BCUT2D eigenvalue weighted by Crippen LogP contribution is -1.89. The van der Waals surface area contributed by atoms with Gasteiger partial charge in [-0.2, -0.15) is 5.10 Å². The number of hydrogen-bond donors (Lipinski definition) is 2. The van der Waals surface area contributed by atoms with E-state index in [0.717, 1.165) is 21.2 Å². The van der Waals surface area contributed by atoms with E-state index in [1.807, 2.05) is 24.3 Å². The van der Waals surface area contributed by atoms with E-state index < -0.39 is 5.82 Å². The van der Waals surface area contributed by atoms with Crippen LogP contribution in [-0.4, -0.2) is 10.2 Å². The summed E-state index contributed by atoms with van der Waals surface area (Å²) in [4.78, 5) is 0. The van der Waals surface area contributed by atoms with Crippen LogP contribution in [0.15, 0.2) is 46.9 Å². The molecule has 0 saturated heterocycles. The van der Waals surface area contributed by atoms with E-state index >= 15 is 0 Å². The van der Waals surface area contributed by atoms with Crippen molar-refractivity contribution in [3.8, 4) is 22.4 Å². The van der Waals surface area contributed by atoms with Gasteiger partial charge in [-0.3, -0.25) is 5.10 Å². The minimum atomic E-state index is -0.460. The molecule has 1 aromatic heterocycles. The Bertz CT molecular complexity index is 799. The largest absolute Gasteiger partial charge is 0.382 e. The highest BCUT2D eigenvalue weighted by molar-refractivity contribution is 9.10. The van der Waals surface area contributed by atoms with E-state index in [4.69, 9.17) is 17.3 Å². The van der Waals surface area contributed by atoms with Crippen LogP contribution in [0.3, 0.4) is 0 Å². The van der Waals surface area contributed by atoms with Gasteiger partial charge in [-0.25, -0.2) is 4.39 Å². The first-order valence-electron chi connectivity index (χ1n) is 6.11. The highest BCUT2D eigenvalue weighted by Crippen LogP contribution is 2.36. The topological polar surface area (TPSA) is 54.7 Å². The summed E-state index contributed by atoms with van der Waals surface area (Å²) < 4.78 is 14.3. The number of hydrogen-bond acceptors (Lipinski definition) is 2. The normalized spacial score (nSPS) is 10.8. The molecule has 0 aliphatic carbocycles. The lowest BCUT2D eigenvalue weighted by molar-refractivity contribution is 0.628. The highest BCUT2D eigenvalue weighted by atomic mass is 79.9. The van der Waals surface area contributed by atoms with E-state index in [1.165, 1.54) is 6.07 Å². The van der Waals surface area contributed by atoms with Crippen molar-refractivity contribution in [3.05, 3.63) is 57.8 Å². The predicted octanol–water partition coefficient (Wildman–Crippen LogP) is 4.88. The molecule has 1 heterocycles. The molecule has 3 aromatic rings. The molecule has 0 amide bonds. The molecule has 2 aromatic carbocycles. The van der Waals surface area contributed by atoms with Gasteiger partial charge in [0.2, 0.25) is 0 Å². The average molecular weight is 367 g/mol. The zero-order chi connectivity index (χ0) is 15.0. The summed E-state index contributed by atoms with van der Waals surface area (Å²) in [5.41, 5.74) is 9.07. The molecule has 3 nitrogen and oxygen atoms in total.